The van der Waals surface area contributed by atoms with Crippen LogP contribution in [0.25, 0.3) is 0 Å². The monoisotopic (exact) mass is 267 g/mol. The van der Waals surface area contributed by atoms with E-state index in [2.05, 4.69) is 20.0 Å². The van der Waals surface area contributed by atoms with Gasteiger partial charge in [-0.05, 0) is 12.1 Å². The summed E-state index contributed by atoms with van der Waals surface area (Å²) in [6, 6.07) is 6.05. The molecule has 2 N–H and O–H groups in total. The van der Waals surface area contributed by atoms with Crippen molar-refractivity contribution in [3.05, 3.63) is 42.3 Å². The molecule has 19 heavy (non-hydrogen) atoms. The molecule has 6 nitrogen and oxygen atoms in total. The smallest absolute Gasteiger partial charge is 0.213 e. The maximum absolute atomic E-state index is 13.2. The van der Waals surface area contributed by atoms with Crippen LogP contribution in [0, 0.1) is 5.82 Å². The second-order valence-electron chi connectivity index (χ2n) is 3.87. The van der Waals surface area contributed by atoms with Crippen molar-refractivity contribution >= 4 is 0 Å². The first-order valence-corrected chi connectivity index (χ1v) is 5.77. The molecule has 1 atom stereocenters. The molecule has 0 aliphatic rings. The third-order valence-corrected chi connectivity index (χ3v) is 2.34. The summed E-state index contributed by atoms with van der Waals surface area (Å²) in [7, 11) is 0. The van der Waals surface area contributed by atoms with E-state index < -0.39 is 11.9 Å². The minimum absolute atomic E-state index is 0.000176. The number of hydrogen-bond donors (Lipinski definition) is 2. The first-order chi connectivity index (χ1) is 9.25. The predicted molar refractivity (Wildman–Crippen MR) is 63.9 cm³/mol. The van der Waals surface area contributed by atoms with E-state index in [0.29, 0.717) is 12.4 Å². The Balaban J connectivity index is 1.67. The van der Waals surface area contributed by atoms with E-state index in [4.69, 9.17) is 4.74 Å². The van der Waals surface area contributed by atoms with Crippen LogP contribution in [-0.4, -0.2) is 34.5 Å². The van der Waals surface area contributed by atoms with Crippen molar-refractivity contribution < 1.29 is 18.8 Å². The van der Waals surface area contributed by atoms with Crippen LogP contribution < -0.4 is 10.1 Å². The quantitative estimate of drug-likeness (QED) is 0.770. The molecule has 1 aromatic heterocycles. The molecule has 0 amide bonds. The minimum Gasteiger partial charge on any atom is -0.488 e. The third-order valence-electron chi connectivity index (χ3n) is 2.34. The van der Waals surface area contributed by atoms with Gasteiger partial charge in [-0.3, -0.25) is 0 Å². The lowest BCUT2D eigenvalue weighted by Gasteiger charge is -2.12. The number of halogens is 1. The van der Waals surface area contributed by atoms with Gasteiger partial charge in [-0.2, -0.15) is 4.98 Å². The Morgan fingerprint density at radius 3 is 3.00 bits per heavy atom. The fourth-order valence-corrected chi connectivity index (χ4v) is 1.43. The number of benzene rings is 1. The van der Waals surface area contributed by atoms with Gasteiger partial charge in [-0.1, -0.05) is 17.3 Å². The van der Waals surface area contributed by atoms with Crippen LogP contribution >= 0.6 is 0 Å². The van der Waals surface area contributed by atoms with Crippen molar-refractivity contribution in [1.82, 2.24) is 15.5 Å². The molecule has 0 aliphatic heterocycles. The maximum atomic E-state index is 13.2. The summed E-state index contributed by atoms with van der Waals surface area (Å²) in [6.45, 7) is 0.663. The van der Waals surface area contributed by atoms with Crippen molar-refractivity contribution in [2.24, 2.45) is 0 Å². The van der Waals surface area contributed by atoms with Crippen molar-refractivity contribution in [3.63, 3.8) is 0 Å². The number of ether oxygens (including phenoxy) is 1. The number of hydrogen-bond acceptors (Lipinski definition) is 6. The van der Waals surface area contributed by atoms with E-state index in [1.807, 2.05) is 0 Å². The van der Waals surface area contributed by atoms with Crippen molar-refractivity contribution in [1.29, 1.82) is 0 Å². The van der Waals surface area contributed by atoms with Gasteiger partial charge in [0.2, 0.25) is 6.39 Å². The molecule has 0 bridgehead atoms. The zero-order chi connectivity index (χ0) is 13.5. The van der Waals surface area contributed by atoms with Crippen LogP contribution in [0.5, 0.6) is 5.75 Å². The summed E-state index contributed by atoms with van der Waals surface area (Å²) in [5, 5.41) is 16.2. The highest BCUT2D eigenvalue weighted by atomic mass is 19.1. The molecule has 0 saturated heterocycles. The lowest BCUT2D eigenvalue weighted by molar-refractivity contribution is 0.104. The first kappa shape index (κ1) is 13.4. The topological polar surface area (TPSA) is 80.4 Å². The lowest BCUT2D eigenvalue weighted by Crippen LogP contribution is -2.31. The van der Waals surface area contributed by atoms with Crippen LogP contribution in [0.4, 0.5) is 4.39 Å². The zero-order valence-electron chi connectivity index (χ0n) is 10.1. The molecular formula is C12H14FN3O3. The molecule has 102 valence electrons. The Morgan fingerprint density at radius 1 is 1.42 bits per heavy atom. The molecule has 0 aliphatic carbocycles. The average molecular weight is 267 g/mol. The number of aliphatic hydroxyl groups excluding tert-OH is 1. The normalized spacial score (nSPS) is 12.3. The fourth-order valence-electron chi connectivity index (χ4n) is 1.43. The summed E-state index contributed by atoms with van der Waals surface area (Å²) in [6.07, 6.45) is 0.473. The molecule has 1 heterocycles. The number of nitrogens with one attached hydrogen (secondary N) is 1. The standard InChI is InChI=1S/C12H14FN3O3/c13-10-3-1-2-4-11(10)18-7-9(17)5-14-6-12-15-8-19-16-12/h1-4,8-9,14,17H,5-7H2. The van der Waals surface area contributed by atoms with Crippen LogP contribution in [-0.2, 0) is 6.54 Å². The molecular weight excluding hydrogens is 253 g/mol. The summed E-state index contributed by atoms with van der Waals surface area (Å²) in [5.41, 5.74) is 0. The van der Waals surface area contributed by atoms with Crippen molar-refractivity contribution in [2.45, 2.75) is 12.6 Å². The largest absolute Gasteiger partial charge is 0.488 e. The highest BCUT2D eigenvalue weighted by Gasteiger charge is 2.08. The van der Waals surface area contributed by atoms with E-state index in [9.17, 15) is 9.50 Å². The van der Waals surface area contributed by atoms with Gasteiger partial charge in [-0.15, -0.1) is 0 Å². The second kappa shape index (κ2) is 6.81. The molecule has 2 rings (SSSR count). The van der Waals surface area contributed by atoms with Gasteiger partial charge in [0.25, 0.3) is 0 Å². The highest BCUT2D eigenvalue weighted by molar-refractivity contribution is 5.23. The minimum atomic E-state index is -0.758. The van der Waals surface area contributed by atoms with Gasteiger partial charge >= 0.3 is 0 Å². The Labute approximate surface area is 109 Å². The van der Waals surface area contributed by atoms with Crippen LogP contribution in [0.1, 0.15) is 5.82 Å². The average Bonchev–Trinajstić information content (AvgIpc) is 2.91. The molecule has 0 saturated carbocycles. The van der Waals surface area contributed by atoms with Gasteiger partial charge in [0.1, 0.15) is 12.7 Å². The maximum Gasteiger partial charge on any atom is 0.213 e. The lowest BCUT2D eigenvalue weighted by atomic mass is 10.3. The van der Waals surface area contributed by atoms with E-state index in [-0.39, 0.29) is 18.9 Å². The predicted octanol–water partition coefficient (Wildman–Crippen LogP) is 0.738. The molecule has 1 unspecified atom stereocenters. The molecule has 2 aromatic rings. The van der Waals surface area contributed by atoms with E-state index in [1.54, 1.807) is 12.1 Å². The first-order valence-electron chi connectivity index (χ1n) is 5.77. The summed E-state index contributed by atoms with van der Waals surface area (Å²) in [4.78, 5) is 3.82. The van der Waals surface area contributed by atoms with Gasteiger partial charge in [-0.25, -0.2) is 4.39 Å². The Morgan fingerprint density at radius 2 is 2.26 bits per heavy atom. The van der Waals surface area contributed by atoms with E-state index >= 15 is 0 Å². The van der Waals surface area contributed by atoms with Crippen molar-refractivity contribution in [2.75, 3.05) is 13.2 Å². The van der Waals surface area contributed by atoms with Gasteiger partial charge < -0.3 is 19.7 Å². The number of aromatic nitrogens is 2. The van der Waals surface area contributed by atoms with Crippen molar-refractivity contribution in [3.8, 4) is 5.75 Å². The van der Waals surface area contributed by atoms with E-state index in [0.717, 1.165) is 0 Å². The second-order valence-corrected chi connectivity index (χ2v) is 3.87. The Hall–Kier alpha value is -1.99. The molecule has 7 heteroatoms. The fraction of sp³-hybridized carbons (Fsp3) is 0.333. The van der Waals surface area contributed by atoms with Crippen LogP contribution in [0.2, 0.25) is 0 Å². The van der Waals surface area contributed by atoms with E-state index in [1.165, 1.54) is 18.5 Å². The molecule has 0 fully saturated rings. The Bertz CT molecular complexity index is 493. The number of aliphatic hydroxyl groups is 1. The number of nitrogens with zero attached hydrogens (tertiary/aromatic N) is 2. The SMILES string of the molecule is OC(CNCc1ncon1)COc1ccccc1F. The van der Waals surface area contributed by atoms with Gasteiger partial charge in [0.05, 0.1) is 6.54 Å². The highest BCUT2D eigenvalue weighted by Crippen LogP contribution is 2.15. The summed E-state index contributed by atoms with van der Waals surface area (Å²) < 4.78 is 23.0. The van der Waals surface area contributed by atoms with Crippen LogP contribution in [0.3, 0.4) is 0 Å². The summed E-state index contributed by atoms with van der Waals surface area (Å²) in [5.74, 6) is 0.177. The van der Waals surface area contributed by atoms with Gasteiger partial charge in [0.15, 0.2) is 17.4 Å². The van der Waals surface area contributed by atoms with Crippen LogP contribution in [0.15, 0.2) is 35.2 Å². The molecule has 0 spiro atoms. The number of rotatable bonds is 7. The summed E-state index contributed by atoms with van der Waals surface area (Å²) >= 11 is 0. The molecule has 0 radical (unpaired) electrons. The molecule has 1 aromatic carbocycles. The third kappa shape index (κ3) is 4.31. The Kier molecular flexibility index (Phi) is 4.82. The zero-order valence-corrected chi connectivity index (χ0v) is 10.1. The number of para-hydroxylation sites is 1. The van der Waals surface area contributed by atoms with Gasteiger partial charge in [0, 0.05) is 6.54 Å².